The Kier molecular flexibility index (Phi) is 3.17. The molecule has 0 aromatic carbocycles. The highest BCUT2D eigenvalue weighted by Gasteiger charge is 2.15. The summed E-state index contributed by atoms with van der Waals surface area (Å²) in [6.07, 6.45) is 2.37. The third kappa shape index (κ3) is 2.45. The Balaban J connectivity index is 2.10. The van der Waals surface area contributed by atoms with Crippen molar-refractivity contribution in [1.29, 1.82) is 0 Å². The minimum absolute atomic E-state index is 0.287. The summed E-state index contributed by atoms with van der Waals surface area (Å²) in [7, 11) is 0. The Bertz CT molecular complexity index is 345. The van der Waals surface area contributed by atoms with Crippen LogP contribution in [-0.4, -0.2) is 42.4 Å². The number of aromatic nitrogens is 1. The molecular weight excluding hydrogens is 216 g/mol. The van der Waals surface area contributed by atoms with Crippen LogP contribution in [0.25, 0.3) is 0 Å². The first kappa shape index (κ1) is 10.4. The molecule has 0 atom stereocenters. The van der Waals surface area contributed by atoms with E-state index in [1.807, 2.05) is 0 Å². The fourth-order valence-electron chi connectivity index (χ4n) is 1.45. The third-order valence-corrected chi connectivity index (χ3v) is 3.24. The van der Waals surface area contributed by atoms with Crippen molar-refractivity contribution < 1.29 is 14.6 Å². The van der Waals surface area contributed by atoms with E-state index >= 15 is 0 Å². The molecule has 1 aliphatic rings. The lowest BCUT2D eigenvalue weighted by Gasteiger charge is -2.17. The van der Waals surface area contributed by atoms with Crippen LogP contribution in [0.3, 0.4) is 0 Å². The van der Waals surface area contributed by atoms with Crippen LogP contribution in [0.2, 0.25) is 0 Å². The molecule has 0 amide bonds. The van der Waals surface area contributed by atoms with Crippen LogP contribution in [0.5, 0.6) is 0 Å². The summed E-state index contributed by atoms with van der Waals surface area (Å²) in [5, 5.41) is 9.56. The molecule has 0 unspecified atom stereocenters. The third-order valence-electron chi connectivity index (χ3n) is 2.20. The minimum Gasteiger partial charge on any atom is -0.477 e. The van der Waals surface area contributed by atoms with Crippen molar-refractivity contribution >= 4 is 22.4 Å². The molecule has 0 saturated carbocycles. The largest absolute Gasteiger partial charge is 0.477 e. The average molecular weight is 228 g/mol. The SMILES string of the molecule is O=C(O)c1cnc(N2CCCOCC2)s1. The van der Waals surface area contributed by atoms with Gasteiger partial charge in [0.1, 0.15) is 4.88 Å². The zero-order chi connectivity index (χ0) is 10.7. The Morgan fingerprint density at radius 2 is 2.40 bits per heavy atom. The monoisotopic (exact) mass is 228 g/mol. The minimum atomic E-state index is -0.912. The maximum Gasteiger partial charge on any atom is 0.347 e. The fourth-order valence-corrected chi connectivity index (χ4v) is 2.25. The van der Waals surface area contributed by atoms with E-state index < -0.39 is 5.97 Å². The predicted octanol–water partition coefficient (Wildman–Crippen LogP) is 1.07. The van der Waals surface area contributed by atoms with Crippen LogP contribution in [0, 0.1) is 0 Å². The number of aromatic carboxylic acids is 1. The molecule has 1 aromatic rings. The molecule has 1 fully saturated rings. The van der Waals surface area contributed by atoms with Crippen LogP contribution in [0.15, 0.2) is 6.20 Å². The molecule has 1 aromatic heterocycles. The Labute approximate surface area is 91.3 Å². The highest BCUT2D eigenvalue weighted by Crippen LogP contribution is 2.23. The first-order valence-electron chi connectivity index (χ1n) is 4.79. The van der Waals surface area contributed by atoms with Gasteiger partial charge in [-0.3, -0.25) is 0 Å². The van der Waals surface area contributed by atoms with Gasteiger partial charge in [0.2, 0.25) is 0 Å². The topological polar surface area (TPSA) is 62.7 Å². The van der Waals surface area contributed by atoms with Crippen molar-refractivity contribution in [2.75, 3.05) is 31.2 Å². The second-order valence-corrected chi connectivity index (χ2v) is 4.27. The molecule has 0 bridgehead atoms. The molecule has 1 N–H and O–H groups in total. The molecule has 15 heavy (non-hydrogen) atoms. The molecule has 0 radical (unpaired) electrons. The highest BCUT2D eigenvalue weighted by molar-refractivity contribution is 7.17. The summed E-state index contributed by atoms with van der Waals surface area (Å²) < 4.78 is 5.32. The van der Waals surface area contributed by atoms with Crippen molar-refractivity contribution in [3.05, 3.63) is 11.1 Å². The standard InChI is InChI=1S/C9H12N2O3S/c12-8(13)7-6-10-9(15-7)11-2-1-4-14-5-3-11/h6H,1-5H2,(H,12,13). The number of hydrogen-bond donors (Lipinski definition) is 1. The van der Waals surface area contributed by atoms with Crippen molar-refractivity contribution in [2.24, 2.45) is 0 Å². The van der Waals surface area contributed by atoms with Gasteiger partial charge in [0, 0.05) is 19.7 Å². The number of hydrogen-bond acceptors (Lipinski definition) is 5. The van der Waals surface area contributed by atoms with E-state index in [1.54, 1.807) is 0 Å². The van der Waals surface area contributed by atoms with Gasteiger partial charge in [-0.25, -0.2) is 9.78 Å². The molecule has 1 aliphatic heterocycles. The van der Waals surface area contributed by atoms with Gasteiger partial charge in [0.05, 0.1) is 12.8 Å². The molecule has 0 spiro atoms. The van der Waals surface area contributed by atoms with E-state index in [0.29, 0.717) is 6.61 Å². The van der Waals surface area contributed by atoms with E-state index in [1.165, 1.54) is 17.5 Å². The normalized spacial score (nSPS) is 17.5. The van der Waals surface area contributed by atoms with Crippen molar-refractivity contribution in [3.8, 4) is 0 Å². The fraction of sp³-hybridized carbons (Fsp3) is 0.556. The van der Waals surface area contributed by atoms with E-state index in [2.05, 4.69) is 9.88 Å². The number of ether oxygens (including phenoxy) is 1. The summed E-state index contributed by atoms with van der Waals surface area (Å²) in [6.45, 7) is 3.12. The lowest BCUT2D eigenvalue weighted by atomic mass is 10.4. The molecule has 82 valence electrons. The van der Waals surface area contributed by atoms with Gasteiger partial charge in [0.25, 0.3) is 0 Å². The van der Waals surface area contributed by atoms with E-state index in [4.69, 9.17) is 9.84 Å². The zero-order valence-electron chi connectivity index (χ0n) is 8.18. The predicted molar refractivity (Wildman–Crippen MR) is 56.7 cm³/mol. The summed E-state index contributed by atoms with van der Waals surface area (Å²) in [5.41, 5.74) is 0. The van der Waals surface area contributed by atoms with Crippen LogP contribution in [0.4, 0.5) is 5.13 Å². The van der Waals surface area contributed by atoms with Crippen molar-refractivity contribution in [3.63, 3.8) is 0 Å². The maximum atomic E-state index is 10.7. The van der Waals surface area contributed by atoms with Crippen LogP contribution in [0.1, 0.15) is 16.1 Å². The Morgan fingerprint density at radius 1 is 1.53 bits per heavy atom. The van der Waals surface area contributed by atoms with Crippen LogP contribution < -0.4 is 4.90 Å². The van der Waals surface area contributed by atoms with Crippen molar-refractivity contribution in [2.45, 2.75) is 6.42 Å². The summed E-state index contributed by atoms with van der Waals surface area (Å²) >= 11 is 1.22. The Morgan fingerprint density at radius 3 is 3.13 bits per heavy atom. The van der Waals surface area contributed by atoms with Gasteiger partial charge < -0.3 is 14.7 Å². The maximum absolute atomic E-state index is 10.7. The quantitative estimate of drug-likeness (QED) is 0.820. The summed E-state index contributed by atoms with van der Waals surface area (Å²) in [6, 6.07) is 0. The first-order chi connectivity index (χ1) is 7.27. The number of nitrogens with zero attached hydrogens (tertiary/aromatic N) is 2. The molecule has 1 saturated heterocycles. The number of anilines is 1. The lowest BCUT2D eigenvalue weighted by molar-refractivity contribution is 0.0702. The summed E-state index contributed by atoms with van der Waals surface area (Å²) in [5.74, 6) is -0.912. The second-order valence-electron chi connectivity index (χ2n) is 3.27. The summed E-state index contributed by atoms with van der Waals surface area (Å²) in [4.78, 5) is 17.2. The van der Waals surface area contributed by atoms with Gasteiger partial charge in [-0.2, -0.15) is 0 Å². The zero-order valence-corrected chi connectivity index (χ0v) is 9.00. The smallest absolute Gasteiger partial charge is 0.347 e. The molecule has 6 heteroatoms. The molecule has 5 nitrogen and oxygen atoms in total. The number of thiazole rings is 1. The lowest BCUT2D eigenvalue weighted by Crippen LogP contribution is -2.25. The first-order valence-corrected chi connectivity index (χ1v) is 5.61. The van der Waals surface area contributed by atoms with Gasteiger partial charge >= 0.3 is 5.97 Å². The van der Waals surface area contributed by atoms with E-state index in [-0.39, 0.29) is 4.88 Å². The van der Waals surface area contributed by atoms with Crippen molar-refractivity contribution in [1.82, 2.24) is 4.98 Å². The second kappa shape index (κ2) is 4.59. The van der Waals surface area contributed by atoms with Crippen LogP contribution in [-0.2, 0) is 4.74 Å². The van der Waals surface area contributed by atoms with Gasteiger partial charge in [-0.05, 0) is 6.42 Å². The van der Waals surface area contributed by atoms with Gasteiger partial charge in [-0.15, -0.1) is 0 Å². The van der Waals surface area contributed by atoms with E-state index in [9.17, 15) is 4.79 Å². The molecule has 2 heterocycles. The number of rotatable bonds is 2. The van der Waals surface area contributed by atoms with Gasteiger partial charge in [0.15, 0.2) is 5.13 Å². The van der Waals surface area contributed by atoms with Gasteiger partial charge in [-0.1, -0.05) is 11.3 Å². The van der Waals surface area contributed by atoms with Crippen LogP contribution >= 0.6 is 11.3 Å². The van der Waals surface area contributed by atoms with E-state index in [0.717, 1.165) is 31.2 Å². The molecular formula is C9H12N2O3S. The molecule has 0 aliphatic carbocycles. The molecule has 2 rings (SSSR count). The average Bonchev–Trinajstić information content (AvgIpc) is 2.55. The number of carbonyl (C=O) groups is 1. The number of carboxylic acid groups (broad SMARTS) is 1. The Hall–Kier alpha value is -1.14. The number of carboxylic acids is 1. The highest BCUT2D eigenvalue weighted by atomic mass is 32.1.